The van der Waals surface area contributed by atoms with E-state index in [1.54, 1.807) is 6.07 Å². The van der Waals surface area contributed by atoms with Crippen LogP contribution in [0.1, 0.15) is 74.1 Å². The average Bonchev–Trinajstić information content (AvgIpc) is 3.70. The molecule has 212 valence electrons. The highest BCUT2D eigenvalue weighted by Crippen LogP contribution is 2.36. The van der Waals surface area contributed by atoms with Crippen LogP contribution in [0, 0.1) is 0 Å². The minimum Gasteiger partial charge on any atom is -0.508 e. The van der Waals surface area contributed by atoms with Crippen molar-refractivity contribution in [2.75, 3.05) is 45.9 Å². The molecule has 2 aliphatic rings. The number of hydrogen-bond donors (Lipinski definition) is 1. The van der Waals surface area contributed by atoms with Gasteiger partial charge in [0.15, 0.2) is 0 Å². The first kappa shape index (κ1) is 28.4. The number of hydrogen-bond acceptors (Lipinski definition) is 4. The summed E-state index contributed by atoms with van der Waals surface area (Å²) in [6.07, 6.45) is 9.86. The molecule has 1 N–H and O–H groups in total. The molecule has 0 saturated carbocycles. The lowest BCUT2D eigenvalue weighted by atomic mass is 9.87. The Morgan fingerprint density at radius 1 is 0.725 bits per heavy atom. The third-order valence-corrected chi connectivity index (χ3v) is 8.50. The Labute approximate surface area is 241 Å². The van der Waals surface area contributed by atoms with Crippen LogP contribution in [-0.4, -0.2) is 60.8 Å². The van der Waals surface area contributed by atoms with Crippen LogP contribution in [0.4, 0.5) is 0 Å². The van der Waals surface area contributed by atoms with E-state index in [2.05, 4.69) is 71.3 Å². The summed E-state index contributed by atoms with van der Waals surface area (Å²) >= 11 is 0. The molecular weight excluding hydrogens is 492 g/mol. The SMILES string of the molecule is CC/C(=C(/c1ccc(CCCCN2CCCC2)cc1)c1ccc(OCCN2CCCC2)cc1)c1cccc(O)c1. The quantitative estimate of drug-likeness (QED) is 0.179. The van der Waals surface area contributed by atoms with E-state index in [1.165, 1.54) is 99.1 Å². The first-order valence-electron chi connectivity index (χ1n) is 15.5. The summed E-state index contributed by atoms with van der Waals surface area (Å²) in [6.45, 7) is 10.1. The maximum absolute atomic E-state index is 10.2. The summed E-state index contributed by atoms with van der Waals surface area (Å²) in [4.78, 5) is 5.09. The number of nitrogens with zero attached hydrogens (tertiary/aromatic N) is 2. The predicted octanol–water partition coefficient (Wildman–Crippen LogP) is 7.65. The Balaban J connectivity index is 1.33. The lowest BCUT2D eigenvalue weighted by molar-refractivity contribution is 0.238. The highest BCUT2D eigenvalue weighted by Gasteiger charge is 2.15. The molecule has 2 fully saturated rings. The maximum Gasteiger partial charge on any atom is 0.119 e. The molecule has 40 heavy (non-hydrogen) atoms. The van der Waals surface area contributed by atoms with E-state index in [4.69, 9.17) is 4.74 Å². The van der Waals surface area contributed by atoms with E-state index < -0.39 is 0 Å². The maximum atomic E-state index is 10.2. The first-order chi connectivity index (χ1) is 19.7. The standard InChI is InChI=1S/C36H46N2O2/c1-2-35(32-11-9-12-33(39)28-32)36(31-17-19-34(20-18-31)40-27-26-38-24-7-8-25-38)30-15-13-29(14-16-30)10-3-4-21-37-22-5-6-23-37/h9,11-20,28,39H,2-8,10,21-27H2,1H3/b36-35+. The van der Waals surface area contributed by atoms with Crippen LogP contribution in [0.2, 0.25) is 0 Å². The molecule has 4 heteroatoms. The van der Waals surface area contributed by atoms with E-state index in [1.807, 2.05) is 12.1 Å². The van der Waals surface area contributed by atoms with Gasteiger partial charge in [0.25, 0.3) is 0 Å². The number of allylic oxidation sites excluding steroid dienone is 1. The van der Waals surface area contributed by atoms with Crippen molar-refractivity contribution in [3.05, 3.63) is 95.1 Å². The number of aromatic hydroxyl groups is 1. The molecule has 0 amide bonds. The van der Waals surface area contributed by atoms with Crippen molar-refractivity contribution in [1.29, 1.82) is 0 Å². The van der Waals surface area contributed by atoms with Crippen molar-refractivity contribution < 1.29 is 9.84 Å². The minimum absolute atomic E-state index is 0.300. The van der Waals surface area contributed by atoms with Crippen molar-refractivity contribution in [1.82, 2.24) is 9.80 Å². The molecule has 2 aliphatic heterocycles. The van der Waals surface area contributed by atoms with Crippen molar-refractivity contribution >= 4 is 11.1 Å². The second kappa shape index (κ2) is 14.5. The Bertz CT molecular complexity index is 1220. The molecule has 0 atom stereocenters. The molecule has 2 heterocycles. The topological polar surface area (TPSA) is 35.9 Å². The van der Waals surface area contributed by atoms with Gasteiger partial charge in [-0.1, -0.05) is 55.5 Å². The zero-order valence-corrected chi connectivity index (χ0v) is 24.3. The second-order valence-corrected chi connectivity index (χ2v) is 11.4. The number of rotatable bonds is 13. The Morgan fingerprint density at radius 3 is 1.98 bits per heavy atom. The Kier molecular flexibility index (Phi) is 10.3. The fourth-order valence-electron chi connectivity index (χ4n) is 6.26. The van der Waals surface area contributed by atoms with Gasteiger partial charge in [-0.25, -0.2) is 0 Å². The van der Waals surface area contributed by atoms with Gasteiger partial charge in [0.2, 0.25) is 0 Å². The zero-order valence-electron chi connectivity index (χ0n) is 24.3. The lowest BCUT2D eigenvalue weighted by Crippen LogP contribution is -2.25. The van der Waals surface area contributed by atoms with Crippen molar-refractivity contribution in [2.24, 2.45) is 0 Å². The molecule has 0 aliphatic carbocycles. The molecular formula is C36H46N2O2. The number of benzene rings is 3. The molecule has 0 radical (unpaired) electrons. The third-order valence-electron chi connectivity index (χ3n) is 8.50. The smallest absolute Gasteiger partial charge is 0.119 e. The van der Waals surface area contributed by atoms with Crippen molar-refractivity contribution in [2.45, 2.75) is 58.3 Å². The Hall–Kier alpha value is -3.08. The highest BCUT2D eigenvalue weighted by molar-refractivity contribution is 5.98. The van der Waals surface area contributed by atoms with Crippen LogP contribution in [-0.2, 0) is 6.42 Å². The molecule has 0 spiro atoms. The number of likely N-dealkylation sites (tertiary alicyclic amines) is 2. The van der Waals surface area contributed by atoms with Crippen LogP contribution in [0.5, 0.6) is 11.5 Å². The minimum atomic E-state index is 0.300. The van der Waals surface area contributed by atoms with Gasteiger partial charge in [0, 0.05) is 6.54 Å². The Morgan fingerprint density at radius 2 is 1.35 bits per heavy atom. The fraction of sp³-hybridized carbons (Fsp3) is 0.444. The number of aryl methyl sites for hydroxylation is 1. The average molecular weight is 539 g/mol. The summed E-state index contributed by atoms with van der Waals surface area (Å²) < 4.78 is 6.10. The van der Waals surface area contributed by atoms with E-state index in [0.717, 1.165) is 37.3 Å². The summed E-state index contributed by atoms with van der Waals surface area (Å²) in [7, 11) is 0. The van der Waals surface area contributed by atoms with Crippen molar-refractivity contribution in [3.63, 3.8) is 0 Å². The largest absolute Gasteiger partial charge is 0.508 e. The number of unbranched alkanes of at least 4 members (excludes halogenated alkanes) is 1. The highest BCUT2D eigenvalue weighted by atomic mass is 16.5. The molecule has 4 nitrogen and oxygen atoms in total. The number of phenolic OH excluding ortho intramolecular Hbond substituents is 1. The van der Waals surface area contributed by atoms with Gasteiger partial charge in [0.1, 0.15) is 18.1 Å². The number of phenols is 1. The van der Waals surface area contributed by atoms with Gasteiger partial charge in [-0.05, 0) is 142 Å². The molecule has 0 bridgehead atoms. The molecule has 3 aromatic rings. The molecule has 0 unspecified atom stereocenters. The van der Waals surface area contributed by atoms with E-state index >= 15 is 0 Å². The summed E-state index contributed by atoms with van der Waals surface area (Å²) in [6, 6.07) is 25.4. The van der Waals surface area contributed by atoms with Gasteiger partial charge in [0.05, 0.1) is 0 Å². The van der Waals surface area contributed by atoms with Crippen LogP contribution in [0.15, 0.2) is 72.8 Å². The van der Waals surface area contributed by atoms with E-state index in [-0.39, 0.29) is 0 Å². The van der Waals surface area contributed by atoms with Gasteiger partial charge in [-0.15, -0.1) is 0 Å². The normalized spacial score (nSPS) is 16.8. The summed E-state index contributed by atoms with van der Waals surface area (Å²) in [5.74, 6) is 1.22. The molecule has 3 aromatic carbocycles. The molecule has 2 saturated heterocycles. The second-order valence-electron chi connectivity index (χ2n) is 11.4. The van der Waals surface area contributed by atoms with Gasteiger partial charge >= 0.3 is 0 Å². The van der Waals surface area contributed by atoms with Gasteiger partial charge in [-0.3, -0.25) is 4.90 Å². The molecule has 0 aromatic heterocycles. The number of ether oxygens (including phenoxy) is 1. The van der Waals surface area contributed by atoms with Crippen molar-refractivity contribution in [3.8, 4) is 11.5 Å². The predicted molar refractivity (Wildman–Crippen MR) is 167 cm³/mol. The summed E-state index contributed by atoms with van der Waals surface area (Å²) in [5.41, 5.74) is 7.31. The van der Waals surface area contributed by atoms with Crippen LogP contribution >= 0.6 is 0 Å². The van der Waals surface area contributed by atoms with Gasteiger partial charge in [-0.2, -0.15) is 0 Å². The van der Waals surface area contributed by atoms with E-state index in [0.29, 0.717) is 5.75 Å². The lowest BCUT2D eigenvalue weighted by Gasteiger charge is -2.18. The van der Waals surface area contributed by atoms with Crippen LogP contribution in [0.3, 0.4) is 0 Å². The molecule has 5 rings (SSSR count). The monoisotopic (exact) mass is 538 g/mol. The summed E-state index contributed by atoms with van der Waals surface area (Å²) in [5, 5.41) is 10.2. The first-order valence-corrected chi connectivity index (χ1v) is 15.5. The van der Waals surface area contributed by atoms with E-state index in [9.17, 15) is 5.11 Å². The zero-order chi connectivity index (χ0) is 27.6. The fourth-order valence-corrected chi connectivity index (χ4v) is 6.26. The van der Waals surface area contributed by atoms with Crippen LogP contribution < -0.4 is 4.74 Å². The third kappa shape index (κ3) is 7.77. The van der Waals surface area contributed by atoms with Gasteiger partial charge < -0.3 is 14.7 Å². The van der Waals surface area contributed by atoms with Crippen LogP contribution in [0.25, 0.3) is 11.1 Å².